The quantitative estimate of drug-likeness (QED) is 0.388. The smallest absolute Gasteiger partial charge is 0.326 e. The summed E-state index contributed by atoms with van der Waals surface area (Å²) >= 11 is 6.09. The van der Waals surface area contributed by atoms with Gasteiger partial charge in [-0.2, -0.15) is 0 Å². The van der Waals surface area contributed by atoms with Crippen LogP contribution in [0.5, 0.6) is 0 Å². The van der Waals surface area contributed by atoms with Crippen LogP contribution in [-0.4, -0.2) is 57.4 Å². The number of carbonyl (C=O) groups excluding carboxylic acids is 3. The van der Waals surface area contributed by atoms with E-state index in [0.717, 1.165) is 22.0 Å². The molecule has 4 rings (SSSR count). The van der Waals surface area contributed by atoms with E-state index < -0.39 is 53.9 Å². The maximum absolute atomic E-state index is 13.5. The highest BCUT2D eigenvalue weighted by atomic mass is 35.5. The highest BCUT2D eigenvalue weighted by Gasteiger charge is 2.48. The van der Waals surface area contributed by atoms with E-state index in [-0.39, 0.29) is 0 Å². The third kappa shape index (κ3) is 5.52. The number of fused-ring (bicyclic) bond motifs is 2. The Morgan fingerprint density at radius 3 is 2.53 bits per heavy atom. The predicted molar refractivity (Wildman–Crippen MR) is 142 cm³/mol. The van der Waals surface area contributed by atoms with Crippen molar-refractivity contribution in [1.82, 2.24) is 15.2 Å². The summed E-state index contributed by atoms with van der Waals surface area (Å²) in [5.74, 6) is -2.92. The number of amides is 2. The molecule has 1 aliphatic rings. The molecule has 9 nitrogen and oxygen atoms in total. The Bertz CT molecular complexity index is 1410. The molecule has 0 aliphatic heterocycles. The number of halogens is 1. The zero-order valence-corrected chi connectivity index (χ0v) is 22.3. The fraction of sp³-hybridized carbons (Fsp3) is 0.357. The maximum atomic E-state index is 13.5. The second-order valence-electron chi connectivity index (χ2n) is 10.5. The summed E-state index contributed by atoms with van der Waals surface area (Å²) in [6.45, 7) is 5.74. The van der Waals surface area contributed by atoms with Crippen molar-refractivity contribution in [2.75, 3.05) is 6.61 Å². The van der Waals surface area contributed by atoms with Crippen molar-refractivity contribution < 1.29 is 29.0 Å². The number of carboxylic acids is 1. The number of aromatic amines is 1. The zero-order chi connectivity index (χ0) is 27.8. The predicted octanol–water partition coefficient (Wildman–Crippen LogP) is 4.11. The highest BCUT2D eigenvalue weighted by Crippen LogP contribution is 2.40. The van der Waals surface area contributed by atoms with Gasteiger partial charge in [0.2, 0.25) is 0 Å². The third-order valence-electron chi connectivity index (χ3n) is 6.66. The number of H-pyrrole nitrogens is 1. The van der Waals surface area contributed by atoms with Crippen LogP contribution in [0.3, 0.4) is 0 Å². The lowest BCUT2D eigenvalue weighted by molar-refractivity contribution is -0.163. The van der Waals surface area contributed by atoms with E-state index in [2.05, 4.69) is 10.3 Å². The van der Waals surface area contributed by atoms with E-state index in [0.29, 0.717) is 17.1 Å². The molecule has 1 aromatic heterocycles. The number of benzene rings is 2. The van der Waals surface area contributed by atoms with Crippen molar-refractivity contribution in [2.45, 2.75) is 52.2 Å². The maximum Gasteiger partial charge on any atom is 0.326 e. The fourth-order valence-corrected chi connectivity index (χ4v) is 5.30. The summed E-state index contributed by atoms with van der Waals surface area (Å²) < 4.78 is 4.98. The number of nitrogens with one attached hydrogen (secondary N) is 2. The van der Waals surface area contributed by atoms with Crippen LogP contribution in [0.15, 0.2) is 48.5 Å². The molecule has 0 saturated carbocycles. The van der Waals surface area contributed by atoms with Crippen molar-refractivity contribution in [3.8, 4) is 0 Å². The first-order valence-corrected chi connectivity index (χ1v) is 12.6. The van der Waals surface area contributed by atoms with E-state index in [9.17, 15) is 24.3 Å². The minimum Gasteiger partial charge on any atom is -0.480 e. The average molecular weight is 540 g/mol. The first-order valence-electron chi connectivity index (χ1n) is 12.2. The van der Waals surface area contributed by atoms with Gasteiger partial charge in [0, 0.05) is 22.8 Å². The van der Waals surface area contributed by atoms with Crippen LogP contribution in [0, 0.1) is 5.41 Å². The van der Waals surface area contributed by atoms with Gasteiger partial charge in [0.05, 0.1) is 12.1 Å². The Morgan fingerprint density at radius 2 is 1.87 bits per heavy atom. The number of aromatic nitrogens is 1. The second kappa shape index (κ2) is 10.5. The lowest BCUT2D eigenvalue weighted by Gasteiger charge is -2.43. The van der Waals surface area contributed by atoms with Gasteiger partial charge in [-0.05, 0) is 47.2 Å². The van der Waals surface area contributed by atoms with Crippen molar-refractivity contribution >= 4 is 46.3 Å². The topological polar surface area (TPSA) is 129 Å². The lowest BCUT2D eigenvalue weighted by atomic mass is 9.83. The van der Waals surface area contributed by atoms with Crippen molar-refractivity contribution in [2.24, 2.45) is 5.41 Å². The molecule has 0 saturated heterocycles. The van der Waals surface area contributed by atoms with Gasteiger partial charge >= 0.3 is 11.9 Å². The van der Waals surface area contributed by atoms with E-state index in [1.807, 2.05) is 18.2 Å². The van der Waals surface area contributed by atoms with Crippen LogP contribution in [-0.2, 0) is 25.5 Å². The minimum atomic E-state index is -1.27. The number of esters is 1. The largest absolute Gasteiger partial charge is 0.480 e. The molecule has 2 aromatic carbocycles. The van der Waals surface area contributed by atoms with Crippen LogP contribution in [0.1, 0.15) is 55.4 Å². The molecule has 3 N–H and O–H groups in total. The van der Waals surface area contributed by atoms with Gasteiger partial charge in [0.1, 0.15) is 11.7 Å². The summed E-state index contributed by atoms with van der Waals surface area (Å²) in [5.41, 5.74) is 1.78. The molecule has 0 radical (unpaired) electrons. The van der Waals surface area contributed by atoms with Crippen molar-refractivity contribution in [1.29, 1.82) is 0 Å². The Hall–Kier alpha value is -3.85. The van der Waals surface area contributed by atoms with Gasteiger partial charge in [-0.15, -0.1) is 0 Å². The van der Waals surface area contributed by atoms with E-state index in [4.69, 9.17) is 16.3 Å². The number of rotatable bonds is 7. The van der Waals surface area contributed by atoms with Gasteiger partial charge in [-0.1, -0.05) is 56.6 Å². The van der Waals surface area contributed by atoms with Crippen LogP contribution in [0.2, 0.25) is 5.02 Å². The molecule has 0 fully saturated rings. The average Bonchev–Trinajstić information content (AvgIpc) is 3.40. The number of aliphatic carboxylic acids is 1. The van der Waals surface area contributed by atoms with Crippen molar-refractivity contribution in [3.63, 3.8) is 0 Å². The van der Waals surface area contributed by atoms with E-state index >= 15 is 0 Å². The molecule has 0 bridgehead atoms. The summed E-state index contributed by atoms with van der Waals surface area (Å²) in [4.78, 5) is 55.3. The molecule has 10 heteroatoms. The van der Waals surface area contributed by atoms with Crippen LogP contribution in [0.4, 0.5) is 0 Å². The fourth-order valence-electron chi connectivity index (χ4n) is 5.12. The lowest BCUT2D eigenvalue weighted by Crippen LogP contribution is -2.57. The number of ether oxygens (including phenoxy) is 1. The normalized spacial score (nSPS) is 17.5. The molecule has 200 valence electrons. The van der Waals surface area contributed by atoms with Gasteiger partial charge in [-0.3, -0.25) is 14.4 Å². The number of carboxylic acid groups (broad SMARTS) is 1. The Kier molecular flexibility index (Phi) is 7.51. The molecule has 3 atom stereocenters. The van der Waals surface area contributed by atoms with E-state index in [1.165, 1.54) is 11.8 Å². The minimum absolute atomic E-state index is 0.306. The third-order valence-corrected chi connectivity index (χ3v) is 6.89. The monoisotopic (exact) mass is 539 g/mol. The first-order chi connectivity index (χ1) is 17.9. The molecule has 0 spiro atoms. The number of nitrogens with zero attached hydrogens (tertiary/aromatic N) is 1. The standard InChI is InChI=1S/C28H30ClN3O6/c1-15(33)38-14-23(34)32(25(27(36)37)28(2,3)4)24-19-8-6-5-7-16(19)12-21(24)31-26(35)22-13-17-11-18(29)9-10-20(17)30-22/h5-11,13,21,24-25,30H,12,14H2,1-4H3,(H,31,35)(H,36,37)/t21-,24-,25?/m1/s1. The van der Waals surface area contributed by atoms with Gasteiger partial charge in [-0.25, -0.2) is 4.79 Å². The summed E-state index contributed by atoms with van der Waals surface area (Å²) in [6, 6.07) is 11.6. The molecular formula is C28H30ClN3O6. The second-order valence-corrected chi connectivity index (χ2v) is 11.0. The van der Waals surface area contributed by atoms with Gasteiger partial charge in [0.25, 0.3) is 11.8 Å². The zero-order valence-electron chi connectivity index (χ0n) is 21.6. The number of carbonyl (C=O) groups is 4. The molecule has 1 unspecified atom stereocenters. The Morgan fingerprint density at radius 1 is 1.16 bits per heavy atom. The highest BCUT2D eigenvalue weighted by molar-refractivity contribution is 6.31. The molecular weight excluding hydrogens is 510 g/mol. The SMILES string of the molecule is CC(=O)OCC(=O)N(C(C(=O)O)C(C)(C)C)[C@@H]1c2ccccc2C[C@H]1NC(=O)c1cc2cc(Cl)ccc2[nH]1. The molecule has 1 heterocycles. The van der Waals surface area contributed by atoms with Crippen LogP contribution in [0.25, 0.3) is 10.9 Å². The molecule has 2 amide bonds. The Labute approximate surface area is 225 Å². The summed E-state index contributed by atoms with van der Waals surface area (Å²) in [5, 5.41) is 14.6. The Balaban J connectivity index is 1.75. The summed E-state index contributed by atoms with van der Waals surface area (Å²) in [6.07, 6.45) is 0.381. The van der Waals surface area contributed by atoms with E-state index in [1.54, 1.807) is 51.1 Å². The van der Waals surface area contributed by atoms with Gasteiger partial charge < -0.3 is 25.0 Å². The van der Waals surface area contributed by atoms with Crippen molar-refractivity contribution in [3.05, 3.63) is 70.4 Å². The molecule has 1 aliphatic carbocycles. The van der Waals surface area contributed by atoms with Crippen LogP contribution < -0.4 is 5.32 Å². The molecule has 3 aromatic rings. The summed E-state index contributed by atoms with van der Waals surface area (Å²) in [7, 11) is 0. The number of hydrogen-bond acceptors (Lipinski definition) is 5. The first kappa shape index (κ1) is 27.2. The molecule has 38 heavy (non-hydrogen) atoms. The van der Waals surface area contributed by atoms with Crippen LogP contribution >= 0.6 is 11.6 Å². The van der Waals surface area contributed by atoms with Gasteiger partial charge in [0.15, 0.2) is 6.61 Å². The number of hydrogen-bond donors (Lipinski definition) is 3.